The van der Waals surface area contributed by atoms with Crippen LogP contribution in [0.3, 0.4) is 0 Å². The van der Waals surface area contributed by atoms with Crippen molar-refractivity contribution in [3.63, 3.8) is 0 Å². The number of aliphatic hydroxyl groups is 1. The molecule has 1 saturated heterocycles. The highest BCUT2D eigenvalue weighted by Crippen LogP contribution is 2.24. The molecular formula is C36H50ClN9O9. The van der Waals surface area contributed by atoms with Crippen LogP contribution in [0.15, 0.2) is 48.5 Å². The summed E-state index contributed by atoms with van der Waals surface area (Å²) in [6.45, 7) is 2.64. The van der Waals surface area contributed by atoms with Gasteiger partial charge in [0.2, 0.25) is 23.6 Å². The van der Waals surface area contributed by atoms with Gasteiger partial charge in [-0.3, -0.25) is 33.6 Å². The molecule has 3 rings (SSSR count). The fraction of sp³-hybridized carbons (Fsp3) is 0.472. The average Bonchev–Trinajstić information content (AvgIpc) is 3.96. The first-order chi connectivity index (χ1) is 26.1. The van der Waals surface area contributed by atoms with E-state index in [0.29, 0.717) is 24.4 Å². The fourth-order valence-electron chi connectivity index (χ4n) is 5.48. The number of carbonyl (C=O) groups excluding carboxylic acids is 7. The number of primary amides is 1. The molecule has 0 aromatic heterocycles. The van der Waals surface area contributed by atoms with Gasteiger partial charge in [-0.05, 0) is 88.0 Å². The first-order valence-corrected chi connectivity index (χ1v) is 18.1. The van der Waals surface area contributed by atoms with Gasteiger partial charge in [0, 0.05) is 17.1 Å². The van der Waals surface area contributed by atoms with Crippen LogP contribution in [-0.2, 0) is 33.5 Å². The van der Waals surface area contributed by atoms with Crippen LogP contribution in [0.2, 0.25) is 5.02 Å². The highest BCUT2D eigenvalue weighted by molar-refractivity contribution is 6.30. The molecule has 2 unspecified atom stereocenters. The van der Waals surface area contributed by atoms with E-state index in [2.05, 4.69) is 26.6 Å². The predicted octanol–water partition coefficient (Wildman–Crippen LogP) is -2.09. The van der Waals surface area contributed by atoms with Gasteiger partial charge >= 0.3 is 0 Å². The smallest absolute Gasteiger partial charge is 0.258 e. The van der Waals surface area contributed by atoms with Crippen LogP contribution >= 0.6 is 11.6 Å². The van der Waals surface area contributed by atoms with E-state index in [4.69, 9.17) is 39.3 Å². The van der Waals surface area contributed by atoms with Crippen molar-refractivity contribution in [2.24, 2.45) is 28.9 Å². The number of hydrogen-bond acceptors (Lipinski definition) is 12. The lowest BCUT2D eigenvalue weighted by atomic mass is 10.0. The monoisotopic (exact) mass is 787 g/mol. The first-order valence-electron chi connectivity index (χ1n) is 17.8. The third kappa shape index (κ3) is 13.4. The van der Waals surface area contributed by atoms with Crippen molar-refractivity contribution in [2.45, 2.75) is 82.1 Å². The maximum Gasteiger partial charge on any atom is 0.258 e. The van der Waals surface area contributed by atoms with Crippen molar-refractivity contribution >= 4 is 52.8 Å². The molecule has 8 atom stereocenters. The number of halogens is 1. The number of ketones is 1. The number of benzene rings is 2. The number of aliphatic hydroxyl groups excluding tert-OH is 1. The summed E-state index contributed by atoms with van der Waals surface area (Å²) in [5, 5.41) is 23.4. The summed E-state index contributed by atoms with van der Waals surface area (Å²) in [6.07, 6.45) is -4.07. The predicted molar refractivity (Wildman–Crippen MR) is 201 cm³/mol. The first kappa shape index (κ1) is 44.4. The lowest BCUT2D eigenvalue weighted by molar-refractivity contribution is -0.135. The zero-order chi connectivity index (χ0) is 40.8. The molecule has 300 valence electrons. The van der Waals surface area contributed by atoms with Gasteiger partial charge in [-0.25, -0.2) is 0 Å². The fourth-order valence-corrected chi connectivity index (χ4v) is 5.60. The minimum atomic E-state index is -1.69. The molecule has 55 heavy (non-hydrogen) atoms. The number of carbonyl (C=O) groups is 7. The third-order valence-electron chi connectivity index (χ3n) is 8.82. The van der Waals surface area contributed by atoms with Crippen LogP contribution in [0.5, 0.6) is 0 Å². The van der Waals surface area contributed by atoms with E-state index in [1.54, 1.807) is 36.4 Å². The largest absolute Gasteiger partial charge is 0.393 e. The Hall–Kier alpha value is -4.98. The molecule has 0 aliphatic carbocycles. The number of nitrogens with two attached hydrogens (primary N) is 4. The molecule has 19 heteroatoms. The maximum absolute atomic E-state index is 13.2. The van der Waals surface area contributed by atoms with Crippen LogP contribution in [0.1, 0.15) is 49.9 Å². The summed E-state index contributed by atoms with van der Waals surface area (Å²) in [5.41, 5.74) is 24.4. The minimum Gasteiger partial charge on any atom is -0.393 e. The van der Waals surface area contributed by atoms with E-state index in [1.165, 1.54) is 13.8 Å². The Bertz CT molecular complexity index is 1680. The van der Waals surface area contributed by atoms with Gasteiger partial charge in [0.25, 0.3) is 11.8 Å². The van der Waals surface area contributed by atoms with Crippen molar-refractivity contribution in [3.8, 4) is 11.1 Å². The Labute approximate surface area is 323 Å². The van der Waals surface area contributed by atoms with E-state index in [-0.39, 0.29) is 24.9 Å². The Kier molecular flexibility index (Phi) is 17.1. The molecular weight excluding hydrogens is 738 g/mol. The van der Waals surface area contributed by atoms with Crippen molar-refractivity contribution in [1.29, 1.82) is 0 Å². The molecule has 1 fully saturated rings. The standard InChI is InChI=1S/C36H50ClN9O9/c1-18(27(48)28-29(55-28)31(41)49)43-35(53)25(5-3-4-15-38)45-36(54)30(40)46-33(51)24(19(2)47)17-42-34(52)26(14-16-39)44-32(50)22-8-6-20(7-9-22)21-10-12-23(37)13-11-21/h6-13,18-19,24-26,28-30,47H,3-5,14-17,38-40H2,1-2H3,(H2,41,49)(H,42,52)(H,43,53)(H,44,50)(H,45,54)(H,46,51)/t18-,19+,24-,25-,26-,28?,29?,30+/m0/s1. The maximum atomic E-state index is 13.2. The van der Waals surface area contributed by atoms with Crippen LogP contribution in [0.4, 0.5) is 0 Å². The van der Waals surface area contributed by atoms with Gasteiger partial charge in [-0.1, -0.05) is 35.9 Å². The van der Waals surface area contributed by atoms with E-state index < -0.39 is 96.3 Å². The van der Waals surface area contributed by atoms with Gasteiger partial charge in [0.1, 0.15) is 12.1 Å². The van der Waals surface area contributed by atoms with Crippen molar-refractivity contribution < 1.29 is 43.4 Å². The van der Waals surface area contributed by atoms with E-state index >= 15 is 0 Å². The van der Waals surface area contributed by atoms with Crippen molar-refractivity contribution in [3.05, 3.63) is 59.1 Å². The highest BCUT2D eigenvalue weighted by atomic mass is 35.5. The number of hydrogen-bond donors (Lipinski definition) is 10. The van der Waals surface area contributed by atoms with E-state index in [1.807, 2.05) is 12.1 Å². The third-order valence-corrected chi connectivity index (χ3v) is 9.07. The summed E-state index contributed by atoms with van der Waals surface area (Å²) in [5.74, 6) is -6.48. The Morgan fingerprint density at radius 2 is 1.35 bits per heavy atom. The summed E-state index contributed by atoms with van der Waals surface area (Å²) < 4.78 is 4.97. The number of nitrogens with one attached hydrogen (secondary N) is 5. The quantitative estimate of drug-likeness (QED) is 0.0349. The van der Waals surface area contributed by atoms with Crippen molar-refractivity contribution in [2.75, 3.05) is 19.6 Å². The zero-order valence-electron chi connectivity index (χ0n) is 30.6. The van der Waals surface area contributed by atoms with Gasteiger partial charge in [0.15, 0.2) is 24.2 Å². The van der Waals surface area contributed by atoms with Gasteiger partial charge in [-0.15, -0.1) is 0 Å². The van der Waals surface area contributed by atoms with Crippen LogP contribution in [-0.4, -0.2) is 109 Å². The molecule has 0 saturated carbocycles. The number of ether oxygens (including phenoxy) is 1. The molecule has 1 aliphatic rings. The molecule has 0 spiro atoms. The van der Waals surface area contributed by atoms with Crippen LogP contribution < -0.4 is 49.5 Å². The molecule has 2 aromatic rings. The molecule has 0 radical (unpaired) electrons. The summed E-state index contributed by atoms with van der Waals surface area (Å²) in [7, 11) is 0. The van der Waals surface area contributed by atoms with E-state index in [9.17, 15) is 38.7 Å². The Morgan fingerprint density at radius 1 is 0.745 bits per heavy atom. The van der Waals surface area contributed by atoms with Crippen molar-refractivity contribution in [1.82, 2.24) is 26.6 Å². The lowest BCUT2D eigenvalue weighted by Crippen LogP contribution is -2.60. The number of epoxide rings is 1. The number of unbranched alkanes of at least 4 members (excludes halogenated alkanes) is 1. The van der Waals surface area contributed by atoms with Gasteiger partial charge < -0.3 is 59.4 Å². The second-order valence-corrected chi connectivity index (χ2v) is 13.6. The summed E-state index contributed by atoms with van der Waals surface area (Å²) in [6, 6.07) is 10.5. The second-order valence-electron chi connectivity index (χ2n) is 13.1. The Balaban J connectivity index is 1.57. The number of Topliss-reactive ketones (excluding diaryl/α,β-unsaturated/α-hetero) is 1. The van der Waals surface area contributed by atoms with Crippen LogP contribution in [0.25, 0.3) is 11.1 Å². The number of rotatable bonds is 22. The topological polar surface area (TPSA) is 316 Å². The molecule has 6 amide bonds. The van der Waals surface area contributed by atoms with Gasteiger partial charge in [0.05, 0.1) is 18.1 Å². The molecule has 0 bridgehead atoms. The zero-order valence-corrected chi connectivity index (χ0v) is 31.3. The van der Waals surface area contributed by atoms with Crippen LogP contribution in [0, 0.1) is 5.92 Å². The number of amides is 6. The normalized spacial score (nSPS) is 17.9. The summed E-state index contributed by atoms with van der Waals surface area (Å²) in [4.78, 5) is 89.3. The molecule has 2 aromatic carbocycles. The molecule has 18 nitrogen and oxygen atoms in total. The van der Waals surface area contributed by atoms with Gasteiger partial charge in [-0.2, -0.15) is 0 Å². The lowest BCUT2D eigenvalue weighted by Gasteiger charge is -2.25. The Morgan fingerprint density at radius 3 is 1.89 bits per heavy atom. The molecule has 1 heterocycles. The molecule has 14 N–H and O–H groups in total. The average molecular weight is 788 g/mol. The summed E-state index contributed by atoms with van der Waals surface area (Å²) >= 11 is 5.96. The highest BCUT2D eigenvalue weighted by Gasteiger charge is 2.50. The molecule has 1 aliphatic heterocycles. The SMILES string of the molecule is C[C@H](NC(=O)[C@H](CCCCN)NC(=O)[C@H](N)NC(=O)[C@@H](CNC(=O)[C@H](CCN)NC(=O)c1ccc(-c2ccc(Cl)cc2)cc1)[C@@H](C)O)C(=O)C1OC1C(N)=O. The second kappa shape index (κ2) is 21.2. The minimum absolute atomic E-state index is 0.0449. The van der Waals surface area contributed by atoms with E-state index in [0.717, 1.165) is 11.1 Å².